The maximum Gasteiger partial charge on any atom is 0.126 e. The van der Waals surface area contributed by atoms with Gasteiger partial charge in [-0.3, -0.25) is 0 Å². The van der Waals surface area contributed by atoms with Crippen molar-refractivity contribution in [2.24, 2.45) is 7.05 Å². The van der Waals surface area contributed by atoms with E-state index < -0.39 is 0 Å². The summed E-state index contributed by atoms with van der Waals surface area (Å²) in [6, 6.07) is 8.41. The van der Waals surface area contributed by atoms with Crippen LogP contribution in [0.2, 0.25) is 0 Å². The van der Waals surface area contributed by atoms with Crippen LogP contribution in [-0.4, -0.2) is 14.5 Å². The van der Waals surface area contributed by atoms with Crippen molar-refractivity contribution in [3.63, 3.8) is 0 Å². The molecule has 0 radical (unpaired) electrons. The molecule has 20 heavy (non-hydrogen) atoms. The molecule has 0 aliphatic heterocycles. The van der Waals surface area contributed by atoms with Gasteiger partial charge in [-0.1, -0.05) is 12.1 Å². The molecule has 1 aromatic carbocycles. The van der Waals surface area contributed by atoms with Gasteiger partial charge in [-0.25, -0.2) is 9.97 Å². The summed E-state index contributed by atoms with van der Waals surface area (Å²) in [7, 11) is 2.07. The molecule has 0 saturated carbocycles. The average Bonchev–Trinajstić information content (AvgIpc) is 3.01. The van der Waals surface area contributed by atoms with E-state index in [9.17, 15) is 0 Å². The summed E-state index contributed by atoms with van der Waals surface area (Å²) in [6.07, 6.45) is 0. The highest BCUT2D eigenvalue weighted by molar-refractivity contribution is 7.09. The highest BCUT2D eigenvalue weighted by atomic mass is 32.1. The number of aromatic nitrogens is 3. The van der Waals surface area contributed by atoms with Gasteiger partial charge < -0.3 is 9.88 Å². The highest BCUT2D eigenvalue weighted by Crippen LogP contribution is 2.19. The van der Waals surface area contributed by atoms with Crippen molar-refractivity contribution in [3.8, 4) is 0 Å². The van der Waals surface area contributed by atoms with Crippen LogP contribution in [0.3, 0.4) is 0 Å². The van der Waals surface area contributed by atoms with E-state index in [-0.39, 0.29) is 6.04 Å². The van der Waals surface area contributed by atoms with Crippen LogP contribution in [0.5, 0.6) is 0 Å². The van der Waals surface area contributed by atoms with Gasteiger partial charge in [0.25, 0.3) is 0 Å². The van der Waals surface area contributed by atoms with Gasteiger partial charge in [-0.15, -0.1) is 11.3 Å². The van der Waals surface area contributed by atoms with Crippen molar-refractivity contribution in [2.45, 2.75) is 26.4 Å². The topological polar surface area (TPSA) is 42.7 Å². The van der Waals surface area contributed by atoms with E-state index in [0.717, 1.165) is 28.6 Å². The minimum Gasteiger partial charge on any atom is -0.330 e. The summed E-state index contributed by atoms with van der Waals surface area (Å²) in [5, 5.41) is 6.69. The number of imidazole rings is 1. The molecule has 2 aromatic heterocycles. The quantitative estimate of drug-likeness (QED) is 0.801. The molecular formula is C15H18N4S. The zero-order valence-corrected chi connectivity index (χ0v) is 12.7. The Morgan fingerprint density at radius 2 is 2.10 bits per heavy atom. The lowest BCUT2D eigenvalue weighted by atomic mass is 10.3. The SMILES string of the molecule is Cc1csc(CNC(C)c2nc3ccccc3n2C)n1. The van der Waals surface area contributed by atoms with E-state index in [0.29, 0.717) is 0 Å². The number of benzene rings is 1. The fraction of sp³-hybridized carbons (Fsp3) is 0.333. The molecule has 0 aliphatic rings. The maximum absolute atomic E-state index is 4.71. The van der Waals surface area contributed by atoms with Gasteiger partial charge in [0.15, 0.2) is 0 Å². The number of nitrogens with one attached hydrogen (secondary N) is 1. The molecular weight excluding hydrogens is 268 g/mol. The predicted molar refractivity (Wildman–Crippen MR) is 82.8 cm³/mol. The van der Waals surface area contributed by atoms with E-state index in [2.05, 4.69) is 46.4 Å². The van der Waals surface area contributed by atoms with E-state index in [1.54, 1.807) is 11.3 Å². The van der Waals surface area contributed by atoms with Gasteiger partial charge in [-0.05, 0) is 26.0 Å². The number of para-hydroxylation sites is 2. The van der Waals surface area contributed by atoms with Crippen LogP contribution in [-0.2, 0) is 13.6 Å². The summed E-state index contributed by atoms with van der Waals surface area (Å²) in [4.78, 5) is 9.18. The second-order valence-corrected chi connectivity index (χ2v) is 5.95. The second kappa shape index (κ2) is 5.34. The summed E-state index contributed by atoms with van der Waals surface area (Å²) >= 11 is 1.70. The lowest BCUT2D eigenvalue weighted by molar-refractivity contribution is 0.532. The van der Waals surface area contributed by atoms with Crippen molar-refractivity contribution in [1.82, 2.24) is 19.9 Å². The number of hydrogen-bond donors (Lipinski definition) is 1. The number of aryl methyl sites for hydroxylation is 2. The molecule has 1 unspecified atom stereocenters. The van der Waals surface area contributed by atoms with Crippen molar-refractivity contribution >= 4 is 22.4 Å². The van der Waals surface area contributed by atoms with E-state index in [1.807, 2.05) is 19.1 Å². The third-order valence-electron chi connectivity index (χ3n) is 3.44. The van der Waals surface area contributed by atoms with Crippen LogP contribution in [0.4, 0.5) is 0 Å². The maximum atomic E-state index is 4.71. The molecule has 2 heterocycles. The Morgan fingerprint density at radius 3 is 2.80 bits per heavy atom. The minimum atomic E-state index is 0.191. The summed E-state index contributed by atoms with van der Waals surface area (Å²) < 4.78 is 2.15. The van der Waals surface area contributed by atoms with Crippen molar-refractivity contribution in [3.05, 3.63) is 46.2 Å². The highest BCUT2D eigenvalue weighted by Gasteiger charge is 2.14. The largest absolute Gasteiger partial charge is 0.330 e. The molecule has 1 N–H and O–H groups in total. The Bertz CT molecular complexity index is 728. The number of fused-ring (bicyclic) bond motifs is 1. The first-order valence-electron chi connectivity index (χ1n) is 6.71. The smallest absolute Gasteiger partial charge is 0.126 e. The first-order chi connectivity index (χ1) is 9.65. The van der Waals surface area contributed by atoms with Crippen LogP contribution < -0.4 is 5.32 Å². The van der Waals surface area contributed by atoms with E-state index in [4.69, 9.17) is 4.98 Å². The first-order valence-corrected chi connectivity index (χ1v) is 7.59. The lowest BCUT2D eigenvalue weighted by Crippen LogP contribution is -2.21. The molecule has 0 saturated heterocycles. The van der Waals surface area contributed by atoms with Crippen LogP contribution in [0.15, 0.2) is 29.6 Å². The van der Waals surface area contributed by atoms with Gasteiger partial charge in [0.05, 0.1) is 17.1 Å². The first kappa shape index (κ1) is 13.3. The van der Waals surface area contributed by atoms with E-state index in [1.165, 1.54) is 5.52 Å². The summed E-state index contributed by atoms with van der Waals surface area (Å²) in [5.41, 5.74) is 3.30. The summed E-state index contributed by atoms with van der Waals surface area (Å²) in [5.74, 6) is 1.06. The second-order valence-electron chi connectivity index (χ2n) is 5.00. The summed E-state index contributed by atoms with van der Waals surface area (Å²) in [6.45, 7) is 4.94. The third kappa shape index (κ3) is 2.46. The minimum absolute atomic E-state index is 0.191. The van der Waals surface area contributed by atoms with Crippen LogP contribution in [0, 0.1) is 6.92 Å². The number of thiazole rings is 1. The third-order valence-corrected chi connectivity index (χ3v) is 4.40. The van der Waals surface area contributed by atoms with Gasteiger partial charge >= 0.3 is 0 Å². The molecule has 0 bridgehead atoms. The molecule has 0 amide bonds. The fourth-order valence-corrected chi connectivity index (χ4v) is 3.09. The van der Waals surface area contributed by atoms with Gasteiger partial charge in [0.1, 0.15) is 10.8 Å². The molecule has 0 aliphatic carbocycles. The monoisotopic (exact) mass is 286 g/mol. The molecule has 0 spiro atoms. The molecule has 104 valence electrons. The van der Waals surface area contributed by atoms with Crippen LogP contribution in [0.25, 0.3) is 11.0 Å². The van der Waals surface area contributed by atoms with Gasteiger partial charge in [0, 0.05) is 24.7 Å². The van der Waals surface area contributed by atoms with Crippen LogP contribution in [0.1, 0.15) is 29.5 Å². The average molecular weight is 286 g/mol. The lowest BCUT2D eigenvalue weighted by Gasteiger charge is -2.12. The number of hydrogen-bond acceptors (Lipinski definition) is 4. The molecule has 0 fully saturated rings. The Morgan fingerprint density at radius 1 is 1.30 bits per heavy atom. The Labute approximate surface area is 122 Å². The number of nitrogens with zero attached hydrogens (tertiary/aromatic N) is 3. The standard InChI is InChI=1S/C15H18N4S/c1-10-9-20-14(17-10)8-16-11(2)15-18-12-6-4-5-7-13(12)19(15)3/h4-7,9,11,16H,8H2,1-3H3. The number of rotatable bonds is 4. The fourth-order valence-electron chi connectivity index (χ4n) is 2.37. The van der Waals surface area contributed by atoms with Crippen molar-refractivity contribution in [1.29, 1.82) is 0 Å². The van der Waals surface area contributed by atoms with Crippen molar-refractivity contribution in [2.75, 3.05) is 0 Å². The van der Waals surface area contributed by atoms with Gasteiger partial charge in [0.2, 0.25) is 0 Å². The molecule has 3 rings (SSSR count). The predicted octanol–water partition coefficient (Wildman–Crippen LogP) is 3.19. The Hall–Kier alpha value is -1.72. The normalized spacial score (nSPS) is 12.9. The molecule has 3 aromatic rings. The Kier molecular flexibility index (Phi) is 3.54. The molecule has 1 atom stereocenters. The van der Waals surface area contributed by atoms with Crippen LogP contribution >= 0.6 is 11.3 Å². The van der Waals surface area contributed by atoms with E-state index >= 15 is 0 Å². The van der Waals surface area contributed by atoms with Gasteiger partial charge in [-0.2, -0.15) is 0 Å². The molecule has 5 heteroatoms. The Balaban J connectivity index is 1.78. The van der Waals surface area contributed by atoms with Crippen molar-refractivity contribution < 1.29 is 0 Å². The zero-order valence-electron chi connectivity index (χ0n) is 11.9. The molecule has 4 nitrogen and oxygen atoms in total. The zero-order chi connectivity index (χ0) is 14.1.